The molecule has 1 aliphatic rings. The minimum Gasteiger partial charge on any atom is -0.494 e. The van der Waals surface area contributed by atoms with Gasteiger partial charge in [-0.2, -0.15) is 0 Å². The van der Waals surface area contributed by atoms with Gasteiger partial charge in [-0.3, -0.25) is 9.59 Å². The van der Waals surface area contributed by atoms with Crippen LogP contribution in [-0.4, -0.2) is 18.4 Å². The maximum atomic E-state index is 14.5. The maximum absolute atomic E-state index is 14.5. The predicted molar refractivity (Wildman–Crippen MR) is 123 cm³/mol. The van der Waals surface area contributed by atoms with Crippen LogP contribution in [0.5, 0.6) is 5.75 Å². The van der Waals surface area contributed by atoms with E-state index in [2.05, 4.69) is 5.32 Å². The number of hydrogen-bond acceptors (Lipinski definition) is 4. The number of anilines is 2. The Kier molecular flexibility index (Phi) is 5.97. The summed E-state index contributed by atoms with van der Waals surface area (Å²) in [5.74, 6) is -1.30. The molecule has 0 bridgehead atoms. The van der Waals surface area contributed by atoms with E-state index in [-0.39, 0.29) is 17.0 Å². The van der Waals surface area contributed by atoms with E-state index in [1.165, 1.54) is 18.2 Å². The first kappa shape index (κ1) is 21.6. The molecule has 1 heterocycles. The van der Waals surface area contributed by atoms with Crippen molar-refractivity contribution in [1.82, 2.24) is 0 Å². The molecular weight excluding hydrogens is 431 g/mol. The number of aryl methyl sites for hydroxylation is 1. The molecule has 0 unspecified atom stereocenters. The zero-order chi connectivity index (χ0) is 22.8. The smallest absolute Gasteiger partial charge is 0.282 e. The second-order valence-corrected chi connectivity index (χ2v) is 7.63. The number of benzene rings is 3. The molecule has 0 saturated carbocycles. The lowest BCUT2D eigenvalue weighted by molar-refractivity contribution is -0.120. The minimum absolute atomic E-state index is 0.0489. The van der Waals surface area contributed by atoms with Gasteiger partial charge < -0.3 is 10.1 Å². The summed E-state index contributed by atoms with van der Waals surface area (Å²) < 4.78 is 20.0. The summed E-state index contributed by atoms with van der Waals surface area (Å²) in [6.45, 7) is 4.23. The third-order valence-electron chi connectivity index (χ3n) is 5.09. The Bertz CT molecular complexity index is 1240. The lowest BCUT2D eigenvalue weighted by Gasteiger charge is -2.16. The number of halogens is 2. The molecule has 4 rings (SSSR count). The fourth-order valence-electron chi connectivity index (χ4n) is 3.51. The normalized spacial score (nSPS) is 13.7. The quantitative estimate of drug-likeness (QED) is 0.498. The monoisotopic (exact) mass is 450 g/mol. The number of ether oxygens (including phenoxy) is 1. The number of para-hydroxylation sites is 1. The van der Waals surface area contributed by atoms with Crippen molar-refractivity contribution >= 4 is 40.4 Å². The van der Waals surface area contributed by atoms with Gasteiger partial charge in [0.2, 0.25) is 0 Å². The second kappa shape index (κ2) is 8.85. The molecule has 0 radical (unpaired) electrons. The molecule has 7 heteroatoms. The molecule has 32 heavy (non-hydrogen) atoms. The first-order chi connectivity index (χ1) is 15.4. The second-order valence-electron chi connectivity index (χ2n) is 7.19. The first-order valence-corrected chi connectivity index (χ1v) is 10.4. The molecule has 2 amide bonds. The van der Waals surface area contributed by atoms with Crippen LogP contribution < -0.4 is 15.0 Å². The van der Waals surface area contributed by atoms with E-state index in [4.69, 9.17) is 16.3 Å². The third-order valence-corrected chi connectivity index (χ3v) is 5.33. The van der Waals surface area contributed by atoms with Crippen molar-refractivity contribution < 1.29 is 18.7 Å². The summed E-state index contributed by atoms with van der Waals surface area (Å²) in [4.78, 5) is 27.6. The minimum atomic E-state index is -0.666. The highest BCUT2D eigenvalue weighted by Gasteiger charge is 2.41. The highest BCUT2D eigenvalue weighted by atomic mass is 35.5. The van der Waals surface area contributed by atoms with E-state index in [1.807, 2.05) is 13.8 Å². The zero-order valence-corrected chi connectivity index (χ0v) is 18.2. The third kappa shape index (κ3) is 3.97. The summed E-state index contributed by atoms with van der Waals surface area (Å²) in [5, 5.41) is 3.54. The molecule has 0 fully saturated rings. The molecule has 162 valence electrons. The van der Waals surface area contributed by atoms with Crippen molar-refractivity contribution in [3.05, 3.63) is 94.4 Å². The number of carbonyl (C=O) groups is 2. The Morgan fingerprint density at radius 3 is 2.41 bits per heavy atom. The van der Waals surface area contributed by atoms with Gasteiger partial charge in [0.05, 0.1) is 17.9 Å². The van der Waals surface area contributed by atoms with Crippen LogP contribution >= 0.6 is 11.6 Å². The molecule has 0 atom stereocenters. The number of hydrogen-bond donors (Lipinski definition) is 1. The molecule has 0 spiro atoms. The number of carbonyl (C=O) groups excluding carboxylic acids is 2. The SMILES string of the molecule is CCOc1ccc(C2=C(Nc3cc(Cl)ccc3C)C(=O)N(c3ccccc3F)C2=O)cc1. The lowest BCUT2D eigenvalue weighted by Crippen LogP contribution is -2.33. The number of imide groups is 1. The molecule has 0 aliphatic carbocycles. The summed E-state index contributed by atoms with van der Waals surface area (Å²) in [7, 11) is 0. The van der Waals surface area contributed by atoms with Crippen molar-refractivity contribution in [3.63, 3.8) is 0 Å². The van der Waals surface area contributed by atoms with Crippen molar-refractivity contribution in [1.29, 1.82) is 0 Å². The van der Waals surface area contributed by atoms with Gasteiger partial charge in [-0.1, -0.05) is 41.9 Å². The summed E-state index contributed by atoms with van der Waals surface area (Å²) >= 11 is 6.13. The summed E-state index contributed by atoms with van der Waals surface area (Å²) in [6, 6.07) is 17.7. The van der Waals surface area contributed by atoms with Crippen molar-refractivity contribution in [2.24, 2.45) is 0 Å². The average Bonchev–Trinajstić information content (AvgIpc) is 3.01. The Labute approximate surface area is 190 Å². The Morgan fingerprint density at radius 1 is 1.00 bits per heavy atom. The van der Waals surface area contributed by atoms with Crippen LogP contribution in [0.3, 0.4) is 0 Å². The molecule has 3 aromatic carbocycles. The number of nitrogens with one attached hydrogen (secondary N) is 1. The van der Waals surface area contributed by atoms with E-state index >= 15 is 0 Å². The van der Waals surface area contributed by atoms with Gasteiger partial charge in [-0.15, -0.1) is 0 Å². The highest BCUT2D eigenvalue weighted by molar-refractivity contribution is 6.46. The molecule has 0 aromatic heterocycles. The van der Waals surface area contributed by atoms with Crippen LogP contribution in [0.2, 0.25) is 5.02 Å². The Hall–Kier alpha value is -3.64. The highest BCUT2D eigenvalue weighted by Crippen LogP contribution is 2.36. The standard InChI is InChI=1S/C25H20ClFN2O3/c1-3-32-18-12-9-16(10-13-18)22-23(28-20-14-17(26)11-8-15(20)2)25(31)29(24(22)30)21-7-5-4-6-19(21)27/h4-14,28H,3H2,1-2H3. The Morgan fingerprint density at radius 2 is 1.72 bits per heavy atom. The van der Waals surface area contributed by atoms with E-state index in [1.54, 1.807) is 48.5 Å². The summed E-state index contributed by atoms with van der Waals surface area (Å²) in [6.07, 6.45) is 0. The first-order valence-electron chi connectivity index (χ1n) is 10.0. The fraction of sp³-hybridized carbons (Fsp3) is 0.120. The molecular formula is C25H20ClFN2O3. The number of nitrogens with zero attached hydrogens (tertiary/aromatic N) is 1. The van der Waals surface area contributed by atoms with E-state index in [0.29, 0.717) is 28.6 Å². The van der Waals surface area contributed by atoms with Crippen molar-refractivity contribution in [3.8, 4) is 5.75 Å². The molecule has 0 saturated heterocycles. The van der Waals surface area contributed by atoms with E-state index in [9.17, 15) is 14.0 Å². The largest absolute Gasteiger partial charge is 0.494 e. The van der Waals surface area contributed by atoms with Gasteiger partial charge in [0, 0.05) is 10.7 Å². The average molecular weight is 451 g/mol. The number of amides is 2. The zero-order valence-electron chi connectivity index (χ0n) is 17.5. The number of rotatable bonds is 6. The maximum Gasteiger partial charge on any atom is 0.282 e. The fourth-order valence-corrected chi connectivity index (χ4v) is 3.69. The van der Waals surface area contributed by atoms with Crippen LogP contribution in [-0.2, 0) is 9.59 Å². The van der Waals surface area contributed by atoms with Crippen LogP contribution in [0.4, 0.5) is 15.8 Å². The molecule has 5 nitrogen and oxygen atoms in total. The van der Waals surface area contributed by atoms with Gasteiger partial charge in [0.15, 0.2) is 0 Å². The Balaban J connectivity index is 1.84. The van der Waals surface area contributed by atoms with Crippen LogP contribution in [0.1, 0.15) is 18.1 Å². The van der Waals surface area contributed by atoms with Gasteiger partial charge in [0.25, 0.3) is 11.8 Å². The van der Waals surface area contributed by atoms with Gasteiger partial charge >= 0.3 is 0 Å². The van der Waals surface area contributed by atoms with E-state index < -0.39 is 17.6 Å². The molecule has 1 N–H and O–H groups in total. The van der Waals surface area contributed by atoms with Crippen LogP contribution in [0, 0.1) is 12.7 Å². The molecule has 1 aliphatic heterocycles. The summed E-state index contributed by atoms with van der Waals surface area (Å²) in [5.41, 5.74) is 2.00. The topological polar surface area (TPSA) is 58.6 Å². The van der Waals surface area contributed by atoms with Gasteiger partial charge in [-0.05, 0) is 61.4 Å². The molecule has 3 aromatic rings. The van der Waals surface area contributed by atoms with Gasteiger partial charge in [-0.25, -0.2) is 9.29 Å². The predicted octanol–water partition coefficient (Wildman–Crippen LogP) is 5.58. The van der Waals surface area contributed by atoms with Crippen molar-refractivity contribution in [2.75, 3.05) is 16.8 Å². The van der Waals surface area contributed by atoms with Gasteiger partial charge in [0.1, 0.15) is 17.3 Å². The van der Waals surface area contributed by atoms with Crippen LogP contribution in [0.25, 0.3) is 5.57 Å². The lowest BCUT2D eigenvalue weighted by atomic mass is 10.0. The van der Waals surface area contributed by atoms with E-state index in [0.717, 1.165) is 10.5 Å². The van der Waals surface area contributed by atoms with Crippen LogP contribution in [0.15, 0.2) is 72.4 Å². The van der Waals surface area contributed by atoms with Crippen molar-refractivity contribution in [2.45, 2.75) is 13.8 Å².